The third-order valence-electron chi connectivity index (χ3n) is 5.21. The maximum atomic E-state index is 13.0. The molecule has 0 saturated heterocycles. The van der Waals surface area contributed by atoms with Gasteiger partial charge in [-0.15, -0.1) is 0 Å². The number of carbonyl (C=O) groups is 1. The maximum Gasteiger partial charge on any atom is 0.231 e. The standard InChI is InChI=1S/C24H20N4O2/c29-24(18-14-17-10-4-7-13-21(17)30-15-18)25-20-12-6-5-11-19(20)23-26-22(27-28-23)16-8-2-1-3-9-16/h1-13,18H,14-15H2,(H,25,29)(H,26,27,28). The molecular formula is C24H20N4O2. The number of rotatable bonds is 4. The minimum absolute atomic E-state index is 0.0697. The predicted octanol–water partition coefficient (Wildman–Crippen LogP) is 4.33. The van der Waals surface area contributed by atoms with Crippen LogP contribution >= 0.6 is 0 Å². The first-order valence-corrected chi connectivity index (χ1v) is 9.87. The van der Waals surface area contributed by atoms with Crippen molar-refractivity contribution in [3.63, 3.8) is 0 Å². The maximum absolute atomic E-state index is 13.0. The molecule has 30 heavy (non-hydrogen) atoms. The van der Waals surface area contributed by atoms with Gasteiger partial charge in [0.2, 0.25) is 5.91 Å². The van der Waals surface area contributed by atoms with Gasteiger partial charge in [0.05, 0.1) is 11.6 Å². The highest BCUT2D eigenvalue weighted by Crippen LogP contribution is 2.30. The van der Waals surface area contributed by atoms with E-state index in [9.17, 15) is 4.79 Å². The van der Waals surface area contributed by atoms with Crippen molar-refractivity contribution in [2.75, 3.05) is 11.9 Å². The Morgan fingerprint density at radius 1 is 0.967 bits per heavy atom. The molecule has 0 radical (unpaired) electrons. The van der Waals surface area contributed by atoms with Crippen molar-refractivity contribution in [3.8, 4) is 28.5 Å². The molecule has 4 aromatic rings. The number of amides is 1. The monoisotopic (exact) mass is 396 g/mol. The number of H-pyrrole nitrogens is 1. The average Bonchev–Trinajstić information content (AvgIpc) is 3.30. The summed E-state index contributed by atoms with van der Waals surface area (Å²) in [6.45, 7) is 0.367. The highest BCUT2D eigenvalue weighted by molar-refractivity contribution is 5.96. The zero-order chi connectivity index (χ0) is 20.3. The van der Waals surface area contributed by atoms with Gasteiger partial charge in [0.25, 0.3) is 0 Å². The zero-order valence-corrected chi connectivity index (χ0v) is 16.2. The number of nitrogens with one attached hydrogen (secondary N) is 2. The van der Waals surface area contributed by atoms with E-state index in [1.807, 2.05) is 78.9 Å². The van der Waals surface area contributed by atoms with Gasteiger partial charge in [0, 0.05) is 11.1 Å². The molecule has 1 unspecified atom stereocenters. The van der Waals surface area contributed by atoms with Gasteiger partial charge in [0.15, 0.2) is 11.6 Å². The Bertz CT molecular complexity index is 1190. The fourth-order valence-electron chi connectivity index (χ4n) is 3.63. The Hall–Kier alpha value is -3.93. The summed E-state index contributed by atoms with van der Waals surface area (Å²) in [5, 5.41) is 10.4. The summed E-state index contributed by atoms with van der Waals surface area (Å²) in [6.07, 6.45) is 0.657. The zero-order valence-electron chi connectivity index (χ0n) is 16.2. The summed E-state index contributed by atoms with van der Waals surface area (Å²) in [4.78, 5) is 17.6. The third kappa shape index (κ3) is 3.55. The fraction of sp³-hybridized carbons (Fsp3) is 0.125. The van der Waals surface area contributed by atoms with E-state index in [2.05, 4.69) is 20.5 Å². The van der Waals surface area contributed by atoms with Crippen LogP contribution in [0.2, 0.25) is 0 Å². The van der Waals surface area contributed by atoms with E-state index in [4.69, 9.17) is 4.74 Å². The molecule has 1 aliphatic heterocycles. The normalized spacial score (nSPS) is 15.1. The van der Waals surface area contributed by atoms with E-state index in [1.54, 1.807) is 0 Å². The first-order valence-electron chi connectivity index (χ1n) is 9.87. The van der Waals surface area contributed by atoms with E-state index in [0.717, 1.165) is 22.4 Å². The molecule has 1 aliphatic rings. The SMILES string of the molecule is O=C(Nc1ccccc1-c1nc(-c2ccccc2)n[nH]1)C1COc2ccccc2C1. The van der Waals surface area contributed by atoms with Gasteiger partial charge in [-0.3, -0.25) is 9.89 Å². The average molecular weight is 396 g/mol. The van der Waals surface area contributed by atoms with Gasteiger partial charge in [-0.25, -0.2) is 4.98 Å². The lowest BCUT2D eigenvalue weighted by Crippen LogP contribution is -2.32. The second kappa shape index (κ2) is 7.83. The number of hydrogen-bond acceptors (Lipinski definition) is 4. The Morgan fingerprint density at radius 3 is 2.63 bits per heavy atom. The Kier molecular flexibility index (Phi) is 4.73. The molecule has 0 saturated carbocycles. The van der Waals surface area contributed by atoms with Gasteiger partial charge in [-0.1, -0.05) is 60.7 Å². The fourth-order valence-corrected chi connectivity index (χ4v) is 3.63. The van der Waals surface area contributed by atoms with Crippen molar-refractivity contribution in [1.82, 2.24) is 15.2 Å². The van der Waals surface area contributed by atoms with Crippen LogP contribution in [-0.2, 0) is 11.2 Å². The smallest absolute Gasteiger partial charge is 0.231 e. The molecule has 0 bridgehead atoms. The molecule has 6 nitrogen and oxygen atoms in total. The molecule has 148 valence electrons. The number of anilines is 1. The van der Waals surface area contributed by atoms with E-state index in [-0.39, 0.29) is 11.8 Å². The van der Waals surface area contributed by atoms with Gasteiger partial charge >= 0.3 is 0 Å². The molecule has 2 N–H and O–H groups in total. The third-order valence-corrected chi connectivity index (χ3v) is 5.21. The Morgan fingerprint density at radius 2 is 1.73 bits per heavy atom. The van der Waals surface area contributed by atoms with Gasteiger partial charge in [-0.05, 0) is 30.2 Å². The summed E-state index contributed by atoms with van der Waals surface area (Å²) < 4.78 is 5.77. The van der Waals surface area contributed by atoms with E-state index >= 15 is 0 Å². The van der Waals surface area contributed by atoms with Crippen LogP contribution in [0.1, 0.15) is 5.56 Å². The van der Waals surface area contributed by atoms with Crippen molar-refractivity contribution in [2.45, 2.75) is 6.42 Å². The van der Waals surface area contributed by atoms with Crippen LogP contribution in [0, 0.1) is 5.92 Å². The lowest BCUT2D eigenvalue weighted by atomic mass is 9.96. The van der Waals surface area contributed by atoms with E-state index in [1.165, 1.54) is 0 Å². The summed E-state index contributed by atoms with van der Waals surface area (Å²) in [5.41, 5.74) is 3.47. The number of nitrogens with zero attached hydrogens (tertiary/aromatic N) is 2. The summed E-state index contributed by atoms with van der Waals surface area (Å²) >= 11 is 0. The Balaban J connectivity index is 1.37. The summed E-state index contributed by atoms with van der Waals surface area (Å²) in [5.74, 6) is 1.76. The second-order valence-corrected chi connectivity index (χ2v) is 7.23. The van der Waals surface area contributed by atoms with Crippen LogP contribution in [0.4, 0.5) is 5.69 Å². The number of fused-ring (bicyclic) bond motifs is 1. The number of hydrogen-bond donors (Lipinski definition) is 2. The molecule has 3 aromatic carbocycles. The molecular weight excluding hydrogens is 376 g/mol. The number of para-hydroxylation sites is 2. The number of aromatic nitrogens is 3. The molecule has 1 atom stereocenters. The van der Waals surface area contributed by atoms with Crippen LogP contribution in [0.25, 0.3) is 22.8 Å². The molecule has 0 aliphatic carbocycles. The van der Waals surface area contributed by atoms with Gasteiger partial charge < -0.3 is 10.1 Å². The first-order chi connectivity index (χ1) is 14.8. The number of ether oxygens (including phenoxy) is 1. The minimum Gasteiger partial charge on any atom is -0.492 e. The highest BCUT2D eigenvalue weighted by Gasteiger charge is 2.26. The first kappa shape index (κ1) is 18.1. The van der Waals surface area contributed by atoms with Crippen molar-refractivity contribution in [2.24, 2.45) is 5.92 Å². The predicted molar refractivity (Wildman–Crippen MR) is 115 cm³/mol. The summed E-state index contributed by atoms with van der Waals surface area (Å²) in [7, 11) is 0. The van der Waals surface area contributed by atoms with E-state index < -0.39 is 0 Å². The molecule has 0 spiro atoms. The minimum atomic E-state index is -0.248. The van der Waals surface area contributed by atoms with E-state index in [0.29, 0.717) is 30.4 Å². The van der Waals surface area contributed by atoms with Crippen molar-refractivity contribution in [1.29, 1.82) is 0 Å². The molecule has 0 fully saturated rings. The highest BCUT2D eigenvalue weighted by atomic mass is 16.5. The topological polar surface area (TPSA) is 79.9 Å². The second-order valence-electron chi connectivity index (χ2n) is 7.23. The number of carbonyl (C=O) groups excluding carboxylic acids is 1. The van der Waals surface area contributed by atoms with Crippen LogP contribution in [0.5, 0.6) is 5.75 Å². The van der Waals surface area contributed by atoms with Crippen molar-refractivity contribution in [3.05, 3.63) is 84.4 Å². The molecule has 1 aromatic heterocycles. The lowest BCUT2D eigenvalue weighted by molar-refractivity contribution is -0.121. The van der Waals surface area contributed by atoms with Crippen molar-refractivity contribution < 1.29 is 9.53 Å². The summed E-state index contributed by atoms with van der Waals surface area (Å²) in [6, 6.07) is 25.2. The number of aromatic amines is 1. The van der Waals surface area contributed by atoms with Crippen LogP contribution in [0.15, 0.2) is 78.9 Å². The molecule has 1 amide bonds. The molecule has 2 heterocycles. The van der Waals surface area contributed by atoms with Crippen molar-refractivity contribution >= 4 is 11.6 Å². The lowest BCUT2D eigenvalue weighted by Gasteiger charge is -2.24. The van der Waals surface area contributed by atoms with Gasteiger partial charge in [0.1, 0.15) is 12.4 Å². The Labute approximate surface area is 173 Å². The van der Waals surface area contributed by atoms with Gasteiger partial charge in [-0.2, -0.15) is 5.10 Å². The quantitative estimate of drug-likeness (QED) is 0.538. The van der Waals surface area contributed by atoms with Crippen LogP contribution in [-0.4, -0.2) is 27.7 Å². The molecule has 5 rings (SSSR count). The van der Waals surface area contributed by atoms with Crippen LogP contribution < -0.4 is 10.1 Å². The molecule has 6 heteroatoms. The largest absolute Gasteiger partial charge is 0.492 e. The van der Waals surface area contributed by atoms with Crippen LogP contribution in [0.3, 0.4) is 0 Å². The number of benzene rings is 3.